The van der Waals surface area contributed by atoms with Gasteiger partial charge in [0, 0.05) is 17.5 Å². The minimum atomic E-state index is 0.113. The van der Waals surface area contributed by atoms with E-state index in [1.165, 1.54) is 5.56 Å². The number of rotatable bonds is 0. The van der Waals surface area contributed by atoms with Crippen LogP contribution in [-0.4, -0.2) is 13.2 Å². The molecule has 94 valence electrons. The zero-order valence-corrected chi connectivity index (χ0v) is 11.6. The fraction of sp³-hybridized carbons (Fsp3) is 0.600. The highest BCUT2D eigenvalue weighted by molar-refractivity contribution is 5.62. The van der Waals surface area contributed by atoms with Gasteiger partial charge in [0.25, 0.3) is 0 Å². The molecule has 0 unspecified atom stereocenters. The van der Waals surface area contributed by atoms with Gasteiger partial charge in [0.1, 0.15) is 5.75 Å². The summed E-state index contributed by atoms with van der Waals surface area (Å²) in [7, 11) is 0. The molecule has 1 aromatic carbocycles. The smallest absolute Gasteiger partial charge is 0.146 e. The van der Waals surface area contributed by atoms with Crippen LogP contribution in [0, 0.1) is 5.41 Å². The minimum absolute atomic E-state index is 0.113. The summed E-state index contributed by atoms with van der Waals surface area (Å²) in [6.07, 6.45) is 0. The first kappa shape index (κ1) is 12.3. The van der Waals surface area contributed by atoms with Crippen LogP contribution in [0.4, 0.5) is 5.69 Å². The van der Waals surface area contributed by atoms with Crippen molar-refractivity contribution in [3.63, 3.8) is 0 Å². The van der Waals surface area contributed by atoms with Gasteiger partial charge in [0.05, 0.1) is 12.3 Å². The molecule has 2 rings (SSSR count). The lowest BCUT2D eigenvalue weighted by molar-refractivity contribution is 0.197. The lowest BCUT2D eigenvalue weighted by atomic mass is 9.86. The van der Waals surface area contributed by atoms with Crippen molar-refractivity contribution in [2.45, 2.75) is 40.0 Å². The molecule has 0 fully saturated rings. The van der Waals surface area contributed by atoms with E-state index in [1.807, 2.05) is 0 Å². The van der Waals surface area contributed by atoms with Crippen molar-refractivity contribution in [2.75, 3.05) is 18.5 Å². The second-order valence-electron chi connectivity index (χ2n) is 6.74. The molecule has 1 aromatic rings. The predicted molar refractivity (Wildman–Crippen MR) is 72.9 cm³/mol. The zero-order valence-electron chi connectivity index (χ0n) is 11.6. The monoisotopic (exact) mass is 233 g/mol. The highest BCUT2D eigenvalue weighted by atomic mass is 16.5. The summed E-state index contributed by atoms with van der Waals surface area (Å²) in [5, 5.41) is 3.50. The average Bonchev–Trinajstić information content (AvgIpc) is 2.36. The Balaban J connectivity index is 2.43. The molecule has 0 radical (unpaired) electrons. The Labute approximate surface area is 104 Å². The molecule has 0 atom stereocenters. The van der Waals surface area contributed by atoms with E-state index < -0.39 is 0 Å². The molecule has 1 aliphatic rings. The van der Waals surface area contributed by atoms with E-state index in [4.69, 9.17) is 4.74 Å². The van der Waals surface area contributed by atoms with E-state index in [9.17, 15) is 0 Å². The SMILES string of the molecule is CC1(C)CNc2cccc(C(C)(C)C)c2OC1. The number of nitrogens with one attached hydrogen (secondary N) is 1. The Morgan fingerprint density at radius 1 is 1.24 bits per heavy atom. The van der Waals surface area contributed by atoms with Gasteiger partial charge < -0.3 is 10.1 Å². The Bertz CT molecular complexity index is 415. The van der Waals surface area contributed by atoms with Crippen LogP contribution in [0.1, 0.15) is 40.2 Å². The van der Waals surface area contributed by atoms with Crippen LogP contribution >= 0.6 is 0 Å². The topological polar surface area (TPSA) is 21.3 Å². The standard InChI is InChI=1S/C15H23NO/c1-14(2,3)11-7-6-8-12-13(11)17-10-15(4,5)9-16-12/h6-8,16H,9-10H2,1-5H3. The van der Waals surface area contributed by atoms with Crippen LogP contribution in [-0.2, 0) is 5.41 Å². The quantitative estimate of drug-likeness (QED) is 0.735. The maximum atomic E-state index is 6.06. The van der Waals surface area contributed by atoms with E-state index in [1.54, 1.807) is 0 Å². The third kappa shape index (κ3) is 2.56. The molecule has 0 saturated heterocycles. The lowest BCUT2D eigenvalue weighted by Crippen LogP contribution is -2.27. The summed E-state index contributed by atoms with van der Waals surface area (Å²) >= 11 is 0. The van der Waals surface area contributed by atoms with E-state index in [2.05, 4.69) is 58.1 Å². The van der Waals surface area contributed by atoms with Crippen molar-refractivity contribution in [1.29, 1.82) is 0 Å². The molecule has 1 heterocycles. The average molecular weight is 233 g/mol. The first-order valence-corrected chi connectivity index (χ1v) is 6.30. The van der Waals surface area contributed by atoms with Gasteiger partial charge in [-0.1, -0.05) is 46.8 Å². The largest absolute Gasteiger partial charge is 0.490 e. The summed E-state index contributed by atoms with van der Waals surface area (Å²) in [5.74, 6) is 1.03. The number of fused-ring (bicyclic) bond motifs is 1. The van der Waals surface area contributed by atoms with Gasteiger partial charge in [-0.15, -0.1) is 0 Å². The molecular formula is C15H23NO. The van der Waals surface area contributed by atoms with Gasteiger partial charge in [-0.05, 0) is 11.5 Å². The molecule has 0 aromatic heterocycles. The number of para-hydroxylation sites is 1. The molecule has 17 heavy (non-hydrogen) atoms. The van der Waals surface area contributed by atoms with Crippen molar-refractivity contribution in [2.24, 2.45) is 5.41 Å². The zero-order chi connectivity index (χ0) is 12.7. The van der Waals surface area contributed by atoms with Gasteiger partial charge in [-0.3, -0.25) is 0 Å². The molecular weight excluding hydrogens is 210 g/mol. The summed E-state index contributed by atoms with van der Waals surface area (Å²) in [6, 6.07) is 6.37. The maximum absolute atomic E-state index is 6.06. The highest BCUT2D eigenvalue weighted by Gasteiger charge is 2.27. The second kappa shape index (κ2) is 3.94. The fourth-order valence-corrected chi connectivity index (χ4v) is 2.08. The lowest BCUT2D eigenvalue weighted by Gasteiger charge is -2.24. The van der Waals surface area contributed by atoms with Gasteiger partial charge in [0.15, 0.2) is 0 Å². The molecule has 2 heteroatoms. The maximum Gasteiger partial charge on any atom is 0.146 e. The van der Waals surface area contributed by atoms with Crippen molar-refractivity contribution < 1.29 is 4.74 Å². The summed E-state index contributed by atoms with van der Waals surface area (Å²) in [4.78, 5) is 0. The number of benzene rings is 1. The number of anilines is 1. The number of hydrogen-bond acceptors (Lipinski definition) is 2. The van der Waals surface area contributed by atoms with E-state index in [0.717, 1.165) is 24.6 Å². The predicted octanol–water partition coefficient (Wildman–Crippen LogP) is 3.81. The Morgan fingerprint density at radius 3 is 2.59 bits per heavy atom. The molecule has 0 amide bonds. The van der Waals surface area contributed by atoms with Crippen LogP contribution in [0.3, 0.4) is 0 Å². The summed E-state index contributed by atoms with van der Waals surface area (Å²) in [6.45, 7) is 12.8. The fourth-order valence-electron chi connectivity index (χ4n) is 2.08. The van der Waals surface area contributed by atoms with Crippen LogP contribution in [0.25, 0.3) is 0 Å². The Kier molecular flexibility index (Phi) is 2.84. The van der Waals surface area contributed by atoms with E-state index in [0.29, 0.717) is 0 Å². The minimum Gasteiger partial charge on any atom is -0.490 e. The van der Waals surface area contributed by atoms with Crippen molar-refractivity contribution in [3.05, 3.63) is 23.8 Å². The first-order chi connectivity index (χ1) is 7.80. The molecule has 0 bridgehead atoms. The van der Waals surface area contributed by atoms with Gasteiger partial charge in [-0.25, -0.2) is 0 Å². The summed E-state index contributed by atoms with van der Waals surface area (Å²) in [5.41, 5.74) is 2.69. The van der Waals surface area contributed by atoms with E-state index >= 15 is 0 Å². The highest BCUT2D eigenvalue weighted by Crippen LogP contribution is 2.39. The number of hydrogen-bond donors (Lipinski definition) is 1. The van der Waals surface area contributed by atoms with Crippen LogP contribution < -0.4 is 10.1 Å². The van der Waals surface area contributed by atoms with Gasteiger partial charge >= 0.3 is 0 Å². The van der Waals surface area contributed by atoms with Crippen molar-refractivity contribution >= 4 is 5.69 Å². The van der Waals surface area contributed by atoms with Crippen molar-refractivity contribution in [3.8, 4) is 5.75 Å². The molecule has 0 saturated carbocycles. The van der Waals surface area contributed by atoms with Crippen molar-refractivity contribution in [1.82, 2.24) is 0 Å². The molecule has 1 aliphatic heterocycles. The summed E-state index contributed by atoms with van der Waals surface area (Å²) < 4.78 is 6.06. The molecule has 0 spiro atoms. The van der Waals surface area contributed by atoms with Crippen LogP contribution in [0.15, 0.2) is 18.2 Å². The first-order valence-electron chi connectivity index (χ1n) is 6.30. The molecule has 1 N–H and O–H groups in total. The Morgan fingerprint density at radius 2 is 1.94 bits per heavy atom. The normalized spacial score (nSPS) is 18.6. The van der Waals surface area contributed by atoms with Crippen LogP contribution in [0.5, 0.6) is 5.75 Å². The van der Waals surface area contributed by atoms with E-state index in [-0.39, 0.29) is 10.8 Å². The van der Waals surface area contributed by atoms with Gasteiger partial charge in [-0.2, -0.15) is 0 Å². The second-order valence-corrected chi connectivity index (χ2v) is 6.74. The molecule has 0 aliphatic carbocycles. The molecule has 2 nitrogen and oxygen atoms in total. The Hall–Kier alpha value is -1.18. The number of ether oxygens (including phenoxy) is 1. The van der Waals surface area contributed by atoms with Gasteiger partial charge in [0.2, 0.25) is 0 Å². The third-order valence-electron chi connectivity index (χ3n) is 3.19. The third-order valence-corrected chi connectivity index (χ3v) is 3.19. The van der Waals surface area contributed by atoms with Crippen LogP contribution in [0.2, 0.25) is 0 Å².